The van der Waals surface area contributed by atoms with Gasteiger partial charge in [0.2, 0.25) is 0 Å². The fourth-order valence-corrected chi connectivity index (χ4v) is 2.51. The van der Waals surface area contributed by atoms with Gasteiger partial charge < -0.3 is 4.74 Å². The number of ether oxygens (including phenoxy) is 1. The highest BCUT2D eigenvalue weighted by Gasteiger charge is 2.39. The number of hydrogen-bond acceptors (Lipinski definition) is 3. The van der Waals surface area contributed by atoms with Gasteiger partial charge in [0.25, 0.3) is 0 Å². The zero-order valence-corrected chi connectivity index (χ0v) is 11.6. The van der Waals surface area contributed by atoms with Gasteiger partial charge in [-0.2, -0.15) is 0 Å². The Kier molecular flexibility index (Phi) is 3.44. The number of aryl methyl sites for hydroxylation is 1. The third-order valence-electron chi connectivity index (χ3n) is 3.88. The molecule has 2 rings (SSSR count). The van der Waals surface area contributed by atoms with Crippen LogP contribution in [0.5, 0.6) is 5.75 Å². The van der Waals surface area contributed by atoms with Crippen LogP contribution in [0, 0.1) is 6.92 Å². The number of nitrogens with zero attached hydrogens (tertiary/aromatic N) is 1. The number of carbonyl (C=O) groups is 1. The van der Waals surface area contributed by atoms with Crippen molar-refractivity contribution in [2.75, 3.05) is 13.7 Å². The number of methoxy groups -OCH3 is 1. The first kappa shape index (κ1) is 13.1. The minimum atomic E-state index is -0.352. The number of likely N-dealkylation sites (tertiary alicyclic amines) is 1. The van der Waals surface area contributed by atoms with Gasteiger partial charge in [-0.05, 0) is 26.8 Å². The molecule has 0 aliphatic carbocycles. The number of hydrogen-bond donors (Lipinski definition) is 0. The molecule has 18 heavy (non-hydrogen) atoms. The Morgan fingerprint density at radius 1 is 1.39 bits per heavy atom. The van der Waals surface area contributed by atoms with Gasteiger partial charge in [0.1, 0.15) is 5.75 Å². The summed E-state index contributed by atoms with van der Waals surface area (Å²) in [4.78, 5) is 14.1. The van der Waals surface area contributed by atoms with E-state index in [2.05, 4.69) is 17.9 Å². The normalized spacial score (nSPS) is 19.2. The molecular formula is C15H21NO2. The van der Waals surface area contributed by atoms with E-state index in [1.54, 1.807) is 7.11 Å². The fraction of sp³-hybridized carbons (Fsp3) is 0.533. The summed E-state index contributed by atoms with van der Waals surface area (Å²) in [7, 11) is 1.69. The van der Waals surface area contributed by atoms with Crippen molar-refractivity contribution < 1.29 is 9.53 Å². The quantitative estimate of drug-likeness (QED) is 0.822. The molecule has 0 unspecified atom stereocenters. The molecule has 1 aromatic rings. The van der Waals surface area contributed by atoms with Crippen LogP contribution >= 0.6 is 0 Å². The van der Waals surface area contributed by atoms with E-state index in [0.29, 0.717) is 12.2 Å². The van der Waals surface area contributed by atoms with Crippen molar-refractivity contribution in [2.24, 2.45) is 0 Å². The van der Waals surface area contributed by atoms with Crippen molar-refractivity contribution in [3.63, 3.8) is 0 Å². The van der Waals surface area contributed by atoms with Gasteiger partial charge in [0.15, 0.2) is 5.78 Å². The van der Waals surface area contributed by atoms with Gasteiger partial charge in [-0.25, -0.2) is 0 Å². The first-order valence-corrected chi connectivity index (χ1v) is 6.37. The average molecular weight is 247 g/mol. The van der Waals surface area contributed by atoms with Crippen LogP contribution in [0.1, 0.15) is 31.4 Å². The monoisotopic (exact) mass is 247 g/mol. The molecule has 0 spiro atoms. The van der Waals surface area contributed by atoms with Crippen LogP contribution in [0.25, 0.3) is 0 Å². The summed E-state index contributed by atoms with van der Waals surface area (Å²) >= 11 is 0. The summed E-state index contributed by atoms with van der Waals surface area (Å²) in [6.07, 6.45) is 0.654. The minimum Gasteiger partial charge on any atom is -0.496 e. The van der Waals surface area contributed by atoms with E-state index in [1.807, 2.05) is 26.0 Å². The molecule has 0 radical (unpaired) electrons. The lowest BCUT2D eigenvalue weighted by Crippen LogP contribution is -2.42. The molecule has 1 aromatic carbocycles. The molecule has 3 heteroatoms. The first-order chi connectivity index (χ1) is 8.45. The van der Waals surface area contributed by atoms with Crippen molar-refractivity contribution in [3.05, 3.63) is 29.3 Å². The molecule has 1 aliphatic rings. The Bertz CT molecular complexity index is 466. The number of benzene rings is 1. The Labute approximate surface area is 109 Å². The van der Waals surface area contributed by atoms with Crippen molar-refractivity contribution >= 4 is 5.78 Å². The second kappa shape index (κ2) is 4.73. The van der Waals surface area contributed by atoms with E-state index >= 15 is 0 Å². The molecule has 0 N–H and O–H groups in total. The van der Waals surface area contributed by atoms with E-state index in [1.165, 1.54) is 5.56 Å². The maximum atomic E-state index is 11.8. The van der Waals surface area contributed by atoms with Crippen LogP contribution in [-0.4, -0.2) is 29.9 Å². The number of ketones is 1. The zero-order chi connectivity index (χ0) is 13.3. The van der Waals surface area contributed by atoms with Gasteiger partial charge in [-0.1, -0.05) is 17.7 Å². The van der Waals surface area contributed by atoms with Crippen LogP contribution in [0.2, 0.25) is 0 Å². The summed E-state index contributed by atoms with van der Waals surface area (Å²) in [5, 5.41) is 0. The van der Waals surface area contributed by atoms with Crippen molar-refractivity contribution in [1.29, 1.82) is 0 Å². The number of rotatable bonds is 3. The molecule has 0 atom stereocenters. The molecular weight excluding hydrogens is 226 g/mol. The van der Waals surface area contributed by atoms with E-state index in [4.69, 9.17) is 4.74 Å². The summed E-state index contributed by atoms with van der Waals surface area (Å²) in [5.74, 6) is 1.23. The van der Waals surface area contributed by atoms with Crippen LogP contribution in [0.3, 0.4) is 0 Å². The van der Waals surface area contributed by atoms with Crippen molar-refractivity contribution in [3.8, 4) is 5.75 Å². The molecule has 98 valence electrons. The van der Waals surface area contributed by atoms with Gasteiger partial charge in [-0.15, -0.1) is 0 Å². The number of Topliss-reactive ketones (excluding diaryl/α,β-unsaturated/α-hetero) is 1. The van der Waals surface area contributed by atoms with Gasteiger partial charge >= 0.3 is 0 Å². The maximum Gasteiger partial charge on any atom is 0.153 e. The Morgan fingerprint density at radius 3 is 2.67 bits per heavy atom. The second-order valence-corrected chi connectivity index (χ2v) is 5.47. The zero-order valence-electron chi connectivity index (χ0n) is 11.6. The predicted octanol–water partition coefficient (Wildman–Crippen LogP) is 2.56. The number of carbonyl (C=O) groups excluding carboxylic acids is 1. The summed E-state index contributed by atoms with van der Waals surface area (Å²) in [5.41, 5.74) is 2.02. The second-order valence-electron chi connectivity index (χ2n) is 5.47. The van der Waals surface area contributed by atoms with Gasteiger partial charge in [-0.3, -0.25) is 9.69 Å². The highest BCUT2D eigenvalue weighted by molar-refractivity contribution is 5.89. The highest BCUT2D eigenvalue weighted by Crippen LogP contribution is 2.30. The van der Waals surface area contributed by atoms with Gasteiger partial charge in [0.05, 0.1) is 12.6 Å². The Balaban J connectivity index is 2.24. The smallest absolute Gasteiger partial charge is 0.153 e. The highest BCUT2D eigenvalue weighted by atomic mass is 16.5. The SMILES string of the molecule is COc1ccc(C)cc1CN1CCC(=O)C1(C)C. The lowest BCUT2D eigenvalue weighted by atomic mass is 9.99. The summed E-state index contributed by atoms with van der Waals surface area (Å²) in [6, 6.07) is 6.18. The largest absolute Gasteiger partial charge is 0.496 e. The summed E-state index contributed by atoms with van der Waals surface area (Å²) in [6.45, 7) is 7.69. The Hall–Kier alpha value is -1.35. The molecule has 0 amide bonds. The lowest BCUT2D eigenvalue weighted by molar-refractivity contribution is -0.123. The van der Waals surface area contributed by atoms with Crippen LogP contribution in [0.15, 0.2) is 18.2 Å². The van der Waals surface area contributed by atoms with Crippen LogP contribution in [-0.2, 0) is 11.3 Å². The minimum absolute atomic E-state index is 0.328. The molecule has 1 saturated heterocycles. The van der Waals surface area contributed by atoms with E-state index in [-0.39, 0.29) is 5.54 Å². The predicted molar refractivity (Wildman–Crippen MR) is 71.8 cm³/mol. The third kappa shape index (κ3) is 2.27. The third-order valence-corrected chi connectivity index (χ3v) is 3.88. The molecule has 1 heterocycles. The standard InChI is InChI=1S/C15H21NO2/c1-11-5-6-13(18-4)12(9-11)10-16-8-7-14(17)15(16,2)3/h5-6,9H,7-8,10H2,1-4H3. The maximum absolute atomic E-state index is 11.8. The average Bonchev–Trinajstić information content (AvgIpc) is 2.56. The molecule has 3 nitrogen and oxygen atoms in total. The van der Waals surface area contributed by atoms with E-state index in [0.717, 1.165) is 24.4 Å². The van der Waals surface area contributed by atoms with Crippen LogP contribution < -0.4 is 4.74 Å². The van der Waals surface area contributed by atoms with Crippen molar-refractivity contribution in [1.82, 2.24) is 4.90 Å². The van der Waals surface area contributed by atoms with Crippen molar-refractivity contribution in [2.45, 2.75) is 39.3 Å². The fourth-order valence-electron chi connectivity index (χ4n) is 2.51. The molecule has 1 fully saturated rings. The molecule has 0 aromatic heterocycles. The Morgan fingerprint density at radius 2 is 2.11 bits per heavy atom. The molecule has 0 saturated carbocycles. The first-order valence-electron chi connectivity index (χ1n) is 6.37. The van der Waals surface area contributed by atoms with E-state index < -0.39 is 0 Å². The lowest BCUT2D eigenvalue weighted by Gasteiger charge is -2.30. The molecule has 0 bridgehead atoms. The summed E-state index contributed by atoms with van der Waals surface area (Å²) < 4.78 is 5.39. The van der Waals surface area contributed by atoms with E-state index in [9.17, 15) is 4.79 Å². The van der Waals surface area contributed by atoms with Crippen LogP contribution in [0.4, 0.5) is 0 Å². The molecule has 1 aliphatic heterocycles. The topological polar surface area (TPSA) is 29.5 Å². The van der Waals surface area contributed by atoms with Gasteiger partial charge in [0, 0.05) is 25.1 Å².